The number of nitrogens with one attached hydrogen (secondary N) is 1. The van der Waals surface area contributed by atoms with Crippen molar-refractivity contribution < 1.29 is 37.9 Å². The average Bonchev–Trinajstić information content (AvgIpc) is 3.10. The molecule has 0 rings (SSSR count). The lowest BCUT2D eigenvalue weighted by Gasteiger charge is -2.15. The first-order valence-electron chi connectivity index (χ1n) is 21.0. The number of phosphoric ester groups is 1. The molecule has 0 saturated carbocycles. The number of rotatable bonds is 40. The summed E-state index contributed by atoms with van der Waals surface area (Å²) in [6, 6.07) is 0. The molecule has 0 aliphatic carbocycles. The minimum absolute atomic E-state index is 0.0877. The van der Waals surface area contributed by atoms with Crippen LogP contribution in [-0.2, 0) is 27.9 Å². The number of aliphatic hydroxyl groups excluding tert-OH is 1. The maximum absolute atomic E-state index is 12.1. The smallest absolute Gasteiger partial charge is 0.463 e. The fraction of sp³-hybridized carbons (Fsp3) is 0.950. The van der Waals surface area contributed by atoms with E-state index in [4.69, 9.17) is 13.8 Å². The van der Waals surface area contributed by atoms with Crippen molar-refractivity contribution >= 4 is 19.7 Å². The number of amides is 1. The van der Waals surface area contributed by atoms with Crippen molar-refractivity contribution in [3.05, 3.63) is 0 Å². The molecular weight excluding hydrogens is 653 g/mol. The van der Waals surface area contributed by atoms with Gasteiger partial charge in [0, 0.05) is 19.4 Å². The Labute approximate surface area is 307 Å². The normalized spacial score (nSPS) is 13.3. The van der Waals surface area contributed by atoms with Crippen molar-refractivity contribution in [2.75, 3.05) is 26.4 Å². The zero-order chi connectivity index (χ0) is 36.8. The fourth-order valence-electron chi connectivity index (χ4n) is 6.09. The minimum atomic E-state index is -4.40. The fourth-order valence-corrected chi connectivity index (χ4v) is 6.84. The molecule has 0 spiro atoms. The van der Waals surface area contributed by atoms with Crippen molar-refractivity contribution in [3.8, 4) is 0 Å². The molecule has 0 aromatic carbocycles. The van der Waals surface area contributed by atoms with Crippen LogP contribution in [-0.4, -0.2) is 54.3 Å². The molecular formula is C40H80NO8P. The van der Waals surface area contributed by atoms with Crippen LogP contribution in [0.4, 0.5) is 0 Å². The molecule has 1 amide bonds. The summed E-state index contributed by atoms with van der Waals surface area (Å²) in [6.45, 7) is 3.58. The molecule has 0 aliphatic rings. The Balaban J connectivity index is 3.55. The van der Waals surface area contributed by atoms with Gasteiger partial charge >= 0.3 is 13.8 Å². The third kappa shape index (κ3) is 38.2. The van der Waals surface area contributed by atoms with Gasteiger partial charge in [-0.15, -0.1) is 0 Å². The number of carbonyl (C=O) groups is 2. The minimum Gasteiger partial charge on any atom is -0.463 e. The van der Waals surface area contributed by atoms with Crippen molar-refractivity contribution in [1.82, 2.24) is 5.32 Å². The lowest BCUT2D eigenvalue weighted by Crippen LogP contribution is -2.27. The molecule has 2 unspecified atom stereocenters. The van der Waals surface area contributed by atoms with Crippen LogP contribution in [0.15, 0.2) is 0 Å². The van der Waals surface area contributed by atoms with Gasteiger partial charge in [-0.2, -0.15) is 0 Å². The molecule has 0 fully saturated rings. The summed E-state index contributed by atoms with van der Waals surface area (Å²) in [6.07, 6.45) is 36.0. The molecule has 0 heterocycles. The molecule has 0 saturated heterocycles. The van der Waals surface area contributed by atoms with E-state index in [1.54, 1.807) is 0 Å². The zero-order valence-electron chi connectivity index (χ0n) is 32.6. The molecule has 9 nitrogen and oxygen atoms in total. The van der Waals surface area contributed by atoms with Gasteiger partial charge in [-0.1, -0.05) is 187 Å². The summed E-state index contributed by atoms with van der Waals surface area (Å²) >= 11 is 0. The van der Waals surface area contributed by atoms with Crippen molar-refractivity contribution in [3.63, 3.8) is 0 Å². The van der Waals surface area contributed by atoms with Crippen LogP contribution in [0.3, 0.4) is 0 Å². The van der Waals surface area contributed by atoms with E-state index in [0.717, 1.165) is 38.5 Å². The van der Waals surface area contributed by atoms with Crippen LogP contribution < -0.4 is 5.32 Å². The Morgan fingerprint density at radius 3 is 1.30 bits per heavy atom. The Bertz CT molecular complexity index is 799. The lowest BCUT2D eigenvalue weighted by atomic mass is 10.0. The zero-order valence-corrected chi connectivity index (χ0v) is 33.5. The monoisotopic (exact) mass is 734 g/mol. The largest absolute Gasteiger partial charge is 0.472 e. The Kier molecular flexibility index (Phi) is 37.0. The van der Waals surface area contributed by atoms with Crippen LogP contribution in [0.25, 0.3) is 0 Å². The van der Waals surface area contributed by atoms with Crippen LogP contribution in [0.1, 0.15) is 213 Å². The average molecular weight is 734 g/mol. The van der Waals surface area contributed by atoms with Gasteiger partial charge < -0.3 is 20.1 Å². The van der Waals surface area contributed by atoms with Crippen LogP contribution in [0, 0.1) is 0 Å². The standard InChI is InChI=1S/C40H80NO8P/c1-3-5-7-9-11-13-15-16-17-18-19-20-21-23-25-27-29-31-33-40(44)47-36-38(42)37-49-50(45,46)48-35-34-41-39(43)32-30-28-26-24-22-14-12-10-8-6-4-2/h38,42H,3-37H2,1-2H3,(H,41,43)(H,45,46). The van der Waals surface area contributed by atoms with E-state index in [-0.39, 0.29) is 25.7 Å². The molecule has 0 aromatic heterocycles. The third-order valence-electron chi connectivity index (χ3n) is 9.29. The number of esters is 1. The van der Waals surface area contributed by atoms with Gasteiger partial charge in [-0.3, -0.25) is 18.6 Å². The van der Waals surface area contributed by atoms with Gasteiger partial charge in [-0.05, 0) is 12.8 Å². The van der Waals surface area contributed by atoms with E-state index < -0.39 is 26.5 Å². The second-order valence-corrected chi connectivity index (χ2v) is 15.8. The molecule has 10 heteroatoms. The van der Waals surface area contributed by atoms with E-state index >= 15 is 0 Å². The number of ether oxygens (including phenoxy) is 1. The predicted octanol–water partition coefficient (Wildman–Crippen LogP) is 11.3. The summed E-state index contributed by atoms with van der Waals surface area (Å²) in [5.41, 5.74) is 0. The number of phosphoric acid groups is 1. The number of aliphatic hydroxyl groups is 1. The maximum Gasteiger partial charge on any atom is 0.472 e. The van der Waals surface area contributed by atoms with E-state index in [0.29, 0.717) is 12.8 Å². The van der Waals surface area contributed by atoms with Gasteiger partial charge in [0.05, 0.1) is 13.2 Å². The number of unbranched alkanes of at least 4 members (excludes halogenated alkanes) is 27. The van der Waals surface area contributed by atoms with Crippen LogP contribution in [0.2, 0.25) is 0 Å². The van der Waals surface area contributed by atoms with Crippen molar-refractivity contribution in [2.45, 2.75) is 219 Å². The third-order valence-corrected chi connectivity index (χ3v) is 10.3. The van der Waals surface area contributed by atoms with Gasteiger partial charge in [0.15, 0.2) is 0 Å². The van der Waals surface area contributed by atoms with Crippen LogP contribution in [0.5, 0.6) is 0 Å². The first-order valence-corrected chi connectivity index (χ1v) is 22.5. The first kappa shape index (κ1) is 49.0. The summed E-state index contributed by atoms with van der Waals surface area (Å²) in [4.78, 5) is 33.8. The topological polar surface area (TPSA) is 131 Å². The second-order valence-electron chi connectivity index (χ2n) is 14.3. The summed E-state index contributed by atoms with van der Waals surface area (Å²) in [5.74, 6) is -0.506. The number of carbonyl (C=O) groups excluding carboxylic acids is 2. The highest BCUT2D eigenvalue weighted by atomic mass is 31.2. The Morgan fingerprint density at radius 2 is 0.900 bits per heavy atom. The summed E-state index contributed by atoms with van der Waals surface area (Å²) in [5, 5.41) is 12.7. The van der Waals surface area contributed by atoms with Gasteiger partial charge in [0.2, 0.25) is 5.91 Å². The van der Waals surface area contributed by atoms with E-state index in [2.05, 4.69) is 19.2 Å². The van der Waals surface area contributed by atoms with E-state index in [1.807, 2.05) is 0 Å². The Morgan fingerprint density at radius 1 is 0.540 bits per heavy atom. The number of hydrogen-bond donors (Lipinski definition) is 3. The Hall–Kier alpha value is -0.990. The summed E-state index contributed by atoms with van der Waals surface area (Å²) < 4.78 is 26.8. The van der Waals surface area contributed by atoms with Gasteiger partial charge in [0.1, 0.15) is 12.7 Å². The maximum atomic E-state index is 12.1. The molecule has 0 bridgehead atoms. The highest BCUT2D eigenvalue weighted by Crippen LogP contribution is 2.42. The molecule has 298 valence electrons. The van der Waals surface area contributed by atoms with Gasteiger partial charge in [-0.25, -0.2) is 4.57 Å². The predicted molar refractivity (Wildman–Crippen MR) is 206 cm³/mol. The summed E-state index contributed by atoms with van der Waals surface area (Å²) in [7, 11) is -4.40. The van der Waals surface area contributed by atoms with Gasteiger partial charge in [0.25, 0.3) is 0 Å². The highest BCUT2D eigenvalue weighted by Gasteiger charge is 2.23. The van der Waals surface area contributed by atoms with Crippen molar-refractivity contribution in [2.24, 2.45) is 0 Å². The van der Waals surface area contributed by atoms with Crippen LogP contribution >= 0.6 is 7.82 Å². The molecule has 50 heavy (non-hydrogen) atoms. The second kappa shape index (κ2) is 37.8. The quantitative estimate of drug-likeness (QED) is 0.0322. The van der Waals surface area contributed by atoms with E-state index in [9.17, 15) is 24.2 Å². The molecule has 0 aliphatic heterocycles. The lowest BCUT2D eigenvalue weighted by molar-refractivity contribution is -0.147. The molecule has 0 aromatic rings. The SMILES string of the molecule is CCCCCCCCCCCCCCCCCCCCC(=O)OCC(O)COP(=O)(O)OCCNC(=O)CCCCCCCCCCCCC. The molecule has 3 N–H and O–H groups in total. The first-order chi connectivity index (χ1) is 24.3. The van der Waals surface area contributed by atoms with E-state index in [1.165, 1.54) is 148 Å². The number of hydrogen-bond acceptors (Lipinski definition) is 7. The molecule has 2 atom stereocenters. The van der Waals surface area contributed by atoms with Crippen molar-refractivity contribution in [1.29, 1.82) is 0 Å². The highest BCUT2D eigenvalue weighted by molar-refractivity contribution is 7.47. The molecule has 0 radical (unpaired) electrons.